The van der Waals surface area contributed by atoms with Crippen molar-refractivity contribution < 1.29 is 0 Å². The minimum absolute atomic E-state index is 0.424. The zero-order valence-corrected chi connectivity index (χ0v) is 12.9. The van der Waals surface area contributed by atoms with Gasteiger partial charge in [-0.05, 0) is 55.9 Å². The zero-order valence-electron chi connectivity index (χ0n) is 11.3. The fourth-order valence-electron chi connectivity index (χ4n) is 2.97. The number of nitrogens with one attached hydrogen (secondary N) is 1. The minimum Gasteiger partial charge on any atom is -0.381 e. The van der Waals surface area contributed by atoms with Crippen LogP contribution in [0.2, 0.25) is 0 Å². The minimum atomic E-state index is 0.424. The molecule has 2 nitrogen and oxygen atoms in total. The van der Waals surface area contributed by atoms with Crippen molar-refractivity contribution in [2.45, 2.75) is 45.6 Å². The summed E-state index contributed by atoms with van der Waals surface area (Å²) in [5, 5.41) is 3.63. The fraction of sp³-hybridized carbons (Fsp3) is 0.600. The molecule has 0 spiro atoms. The topological polar surface area (TPSA) is 38.0 Å². The van der Waals surface area contributed by atoms with Crippen LogP contribution in [0, 0.1) is 19.8 Å². The smallest absolute Gasteiger partial charge is 0.0411 e. The van der Waals surface area contributed by atoms with E-state index >= 15 is 0 Å². The Bertz CT molecular complexity index is 388. The highest BCUT2D eigenvalue weighted by molar-refractivity contribution is 9.10. The van der Waals surface area contributed by atoms with Gasteiger partial charge < -0.3 is 11.1 Å². The van der Waals surface area contributed by atoms with E-state index in [4.69, 9.17) is 5.73 Å². The number of rotatable bonds is 4. The van der Waals surface area contributed by atoms with Gasteiger partial charge in [0.25, 0.3) is 0 Å². The van der Waals surface area contributed by atoms with Crippen molar-refractivity contribution in [1.82, 2.24) is 0 Å². The Morgan fingerprint density at radius 1 is 1.28 bits per heavy atom. The van der Waals surface area contributed by atoms with Crippen LogP contribution < -0.4 is 11.1 Å². The molecule has 1 unspecified atom stereocenters. The van der Waals surface area contributed by atoms with E-state index in [-0.39, 0.29) is 0 Å². The predicted octanol–water partition coefficient (Wildman–Crippen LogP) is 4.00. The van der Waals surface area contributed by atoms with E-state index in [9.17, 15) is 0 Å². The van der Waals surface area contributed by atoms with Crippen LogP contribution in [-0.4, -0.2) is 12.6 Å². The lowest BCUT2D eigenvalue weighted by molar-refractivity contribution is 0.462. The molecule has 1 aromatic rings. The molecule has 2 rings (SSSR count). The molecular formula is C15H23BrN2. The van der Waals surface area contributed by atoms with Crippen LogP contribution in [-0.2, 0) is 0 Å². The summed E-state index contributed by atoms with van der Waals surface area (Å²) in [7, 11) is 0. The number of aryl methyl sites for hydroxylation is 2. The first-order chi connectivity index (χ1) is 8.61. The summed E-state index contributed by atoms with van der Waals surface area (Å²) >= 11 is 3.61. The lowest BCUT2D eigenvalue weighted by Gasteiger charge is -2.25. The van der Waals surface area contributed by atoms with Crippen LogP contribution in [0.25, 0.3) is 0 Å². The summed E-state index contributed by atoms with van der Waals surface area (Å²) in [5.74, 6) is 0.749. The molecule has 3 N–H and O–H groups in total. The summed E-state index contributed by atoms with van der Waals surface area (Å²) in [6.45, 7) is 4.99. The van der Waals surface area contributed by atoms with Gasteiger partial charge >= 0.3 is 0 Å². The molecule has 1 aromatic carbocycles. The third-order valence-corrected chi connectivity index (χ3v) is 5.26. The number of anilines is 1. The lowest BCUT2D eigenvalue weighted by Crippen LogP contribution is -2.35. The molecule has 1 atom stereocenters. The maximum atomic E-state index is 5.93. The second kappa shape index (κ2) is 6.07. The molecule has 0 saturated heterocycles. The predicted molar refractivity (Wildman–Crippen MR) is 82.0 cm³/mol. The summed E-state index contributed by atoms with van der Waals surface area (Å²) in [6, 6.07) is 4.83. The van der Waals surface area contributed by atoms with Gasteiger partial charge in [0, 0.05) is 22.7 Å². The molecule has 0 heterocycles. The molecule has 1 aliphatic rings. The quantitative estimate of drug-likeness (QED) is 0.882. The number of nitrogens with two attached hydrogens (primary N) is 1. The highest BCUT2D eigenvalue weighted by Gasteiger charge is 2.23. The maximum absolute atomic E-state index is 5.93. The molecule has 100 valence electrons. The first-order valence-electron chi connectivity index (χ1n) is 6.85. The third-order valence-electron chi connectivity index (χ3n) is 4.01. The van der Waals surface area contributed by atoms with Crippen molar-refractivity contribution in [3.8, 4) is 0 Å². The van der Waals surface area contributed by atoms with Gasteiger partial charge in [-0.15, -0.1) is 0 Å². The van der Waals surface area contributed by atoms with Crippen molar-refractivity contribution in [3.63, 3.8) is 0 Å². The van der Waals surface area contributed by atoms with Gasteiger partial charge in [0.2, 0.25) is 0 Å². The van der Waals surface area contributed by atoms with E-state index in [1.54, 1.807) is 0 Å². The van der Waals surface area contributed by atoms with Crippen molar-refractivity contribution in [3.05, 3.63) is 27.7 Å². The number of benzene rings is 1. The molecule has 0 aromatic heterocycles. The Labute approximate surface area is 118 Å². The van der Waals surface area contributed by atoms with E-state index in [1.807, 2.05) is 0 Å². The molecular weight excluding hydrogens is 288 g/mol. The Morgan fingerprint density at radius 3 is 2.33 bits per heavy atom. The van der Waals surface area contributed by atoms with E-state index in [2.05, 4.69) is 47.2 Å². The number of hydrogen-bond donors (Lipinski definition) is 2. The van der Waals surface area contributed by atoms with Gasteiger partial charge in [-0.2, -0.15) is 0 Å². The Kier molecular flexibility index (Phi) is 4.68. The van der Waals surface area contributed by atoms with Crippen LogP contribution in [0.5, 0.6) is 0 Å². The van der Waals surface area contributed by atoms with Gasteiger partial charge in [0.1, 0.15) is 0 Å². The first-order valence-corrected chi connectivity index (χ1v) is 7.64. The van der Waals surface area contributed by atoms with Crippen LogP contribution in [0.1, 0.15) is 36.8 Å². The first kappa shape index (κ1) is 13.9. The Morgan fingerprint density at radius 2 is 1.83 bits per heavy atom. The van der Waals surface area contributed by atoms with Crippen LogP contribution >= 0.6 is 15.9 Å². The Hall–Kier alpha value is -0.540. The SMILES string of the molecule is Cc1cc(NC(CN)C2CCCC2)cc(C)c1Br. The van der Waals surface area contributed by atoms with E-state index < -0.39 is 0 Å². The Balaban J connectivity index is 2.11. The van der Waals surface area contributed by atoms with Crippen LogP contribution in [0.3, 0.4) is 0 Å². The third kappa shape index (κ3) is 3.07. The van der Waals surface area contributed by atoms with Crippen LogP contribution in [0.4, 0.5) is 5.69 Å². The maximum Gasteiger partial charge on any atom is 0.0411 e. The molecule has 1 aliphatic carbocycles. The molecule has 0 radical (unpaired) electrons. The summed E-state index contributed by atoms with van der Waals surface area (Å²) in [4.78, 5) is 0. The molecule has 18 heavy (non-hydrogen) atoms. The molecule has 0 aliphatic heterocycles. The van der Waals surface area contributed by atoms with E-state index in [1.165, 1.54) is 47.0 Å². The van der Waals surface area contributed by atoms with Gasteiger partial charge in [-0.25, -0.2) is 0 Å². The number of hydrogen-bond acceptors (Lipinski definition) is 2. The molecule has 0 bridgehead atoms. The largest absolute Gasteiger partial charge is 0.381 e. The molecule has 3 heteroatoms. The zero-order chi connectivity index (χ0) is 13.1. The average molecular weight is 311 g/mol. The van der Waals surface area contributed by atoms with Crippen molar-refractivity contribution in [1.29, 1.82) is 0 Å². The summed E-state index contributed by atoms with van der Waals surface area (Å²) < 4.78 is 1.21. The second-order valence-corrected chi connectivity index (χ2v) is 6.25. The molecule has 1 saturated carbocycles. The molecule has 1 fully saturated rings. The van der Waals surface area contributed by atoms with Gasteiger partial charge in [-0.3, -0.25) is 0 Å². The highest BCUT2D eigenvalue weighted by Crippen LogP contribution is 2.30. The molecule has 0 amide bonds. The van der Waals surface area contributed by atoms with E-state index in [0.29, 0.717) is 6.04 Å². The monoisotopic (exact) mass is 310 g/mol. The summed E-state index contributed by atoms with van der Waals surface area (Å²) in [6.07, 6.45) is 5.37. The standard InChI is InChI=1S/C15H23BrN2/c1-10-7-13(8-11(2)15(10)16)18-14(9-17)12-5-3-4-6-12/h7-8,12,14,18H,3-6,9,17H2,1-2H3. The van der Waals surface area contributed by atoms with Crippen LogP contribution in [0.15, 0.2) is 16.6 Å². The van der Waals surface area contributed by atoms with Gasteiger partial charge in [0.15, 0.2) is 0 Å². The fourth-order valence-corrected chi connectivity index (χ4v) is 3.20. The van der Waals surface area contributed by atoms with Gasteiger partial charge in [-0.1, -0.05) is 28.8 Å². The number of halogens is 1. The van der Waals surface area contributed by atoms with Crippen molar-refractivity contribution in [2.75, 3.05) is 11.9 Å². The summed E-state index contributed by atoms with van der Waals surface area (Å²) in [5.41, 5.74) is 9.69. The highest BCUT2D eigenvalue weighted by atomic mass is 79.9. The lowest BCUT2D eigenvalue weighted by atomic mass is 9.97. The van der Waals surface area contributed by atoms with Crippen molar-refractivity contribution >= 4 is 21.6 Å². The van der Waals surface area contributed by atoms with E-state index in [0.717, 1.165) is 12.5 Å². The van der Waals surface area contributed by atoms with Crippen molar-refractivity contribution in [2.24, 2.45) is 11.7 Å². The second-order valence-electron chi connectivity index (χ2n) is 5.46. The normalized spacial score (nSPS) is 18.0. The van der Waals surface area contributed by atoms with Gasteiger partial charge in [0.05, 0.1) is 0 Å². The average Bonchev–Trinajstić information content (AvgIpc) is 2.86.